The van der Waals surface area contributed by atoms with Crippen molar-refractivity contribution in [2.45, 2.75) is 38.5 Å². The predicted octanol–water partition coefficient (Wildman–Crippen LogP) is 5.32. The van der Waals surface area contributed by atoms with Gasteiger partial charge in [-0.3, -0.25) is 0 Å². The van der Waals surface area contributed by atoms with Crippen LogP contribution in [0.3, 0.4) is 0 Å². The maximum Gasteiger partial charge on any atom is 0.124 e. The normalized spacial score (nSPS) is 12.5. The average Bonchev–Trinajstić information content (AvgIpc) is 2.28. The van der Waals surface area contributed by atoms with Crippen molar-refractivity contribution in [3.63, 3.8) is 0 Å². The fourth-order valence-electron chi connectivity index (χ4n) is 1.59. The zero-order chi connectivity index (χ0) is 12.0. The Morgan fingerprint density at radius 2 is 2.12 bits per heavy atom. The van der Waals surface area contributed by atoms with E-state index in [0.717, 1.165) is 28.6 Å². The highest BCUT2D eigenvalue weighted by molar-refractivity contribution is 9.10. The number of unbranched alkanes of at least 4 members (excludes halogenated alkanes) is 1. The molecule has 16 heavy (non-hydrogen) atoms. The maximum absolute atomic E-state index is 6.40. The van der Waals surface area contributed by atoms with Crippen LogP contribution >= 0.6 is 27.5 Å². The summed E-state index contributed by atoms with van der Waals surface area (Å²) in [5, 5.41) is 0.0407. The van der Waals surface area contributed by atoms with Crippen molar-refractivity contribution in [3.8, 4) is 5.75 Å². The Kier molecular flexibility index (Phi) is 6.22. The molecular formula is C13H18BrClO. The molecule has 1 aromatic carbocycles. The van der Waals surface area contributed by atoms with E-state index in [9.17, 15) is 0 Å². The summed E-state index contributed by atoms with van der Waals surface area (Å²) in [4.78, 5) is 0. The second kappa shape index (κ2) is 7.18. The fourth-order valence-corrected chi connectivity index (χ4v) is 2.29. The summed E-state index contributed by atoms with van der Waals surface area (Å²) in [5.74, 6) is 0.904. The molecule has 1 nitrogen and oxygen atoms in total. The number of rotatable bonds is 6. The molecule has 90 valence electrons. The summed E-state index contributed by atoms with van der Waals surface area (Å²) >= 11 is 9.87. The molecule has 1 atom stereocenters. The largest absolute Gasteiger partial charge is 0.494 e. The van der Waals surface area contributed by atoms with E-state index in [1.54, 1.807) is 0 Å². The van der Waals surface area contributed by atoms with E-state index >= 15 is 0 Å². The molecule has 0 saturated heterocycles. The topological polar surface area (TPSA) is 9.23 Å². The van der Waals surface area contributed by atoms with Crippen molar-refractivity contribution in [1.82, 2.24) is 0 Å². The van der Waals surface area contributed by atoms with Crippen molar-refractivity contribution in [1.29, 1.82) is 0 Å². The number of hydrogen-bond acceptors (Lipinski definition) is 1. The van der Waals surface area contributed by atoms with Crippen LogP contribution in [0, 0.1) is 0 Å². The van der Waals surface area contributed by atoms with Gasteiger partial charge in [-0.15, -0.1) is 11.6 Å². The third-order valence-corrected chi connectivity index (χ3v) is 3.37. The van der Waals surface area contributed by atoms with Crippen LogP contribution in [0.25, 0.3) is 0 Å². The first kappa shape index (κ1) is 13.9. The highest BCUT2D eigenvalue weighted by atomic mass is 79.9. The molecular weight excluding hydrogens is 287 g/mol. The Labute approximate surface area is 111 Å². The van der Waals surface area contributed by atoms with Crippen molar-refractivity contribution in [2.75, 3.05) is 6.61 Å². The van der Waals surface area contributed by atoms with Gasteiger partial charge in [0.1, 0.15) is 5.75 Å². The molecule has 1 unspecified atom stereocenters. The van der Waals surface area contributed by atoms with Crippen molar-refractivity contribution in [3.05, 3.63) is 28.2 Å². The van der Waals surface area contributed by atoms with Crippen molar-refractivity contribution >= 4 is 27.5 Å². The van der Waals surface area contributed by atoms with Crippen molar-refractivity contribution in [2.24, 2.45) is 0 Å². The first-order valence-corrected chi connectivity index (χ1v) is 6.98. The molecule has 0 amide bonds. The quantitative estimate of drug-likeness (QED) is 0.646. The SMILES string of the molecule is CCCCC(Cl)c1cc(Br)ccc1OCC. The molecule has 0 saturated carbocycles. The van der Waals surface area contributed by atoms with Gasteiger partial charge in [-0.25, -0.2) is 0 Å². The smallest absolute Gasteiger partial charge is 0.124 e. The van der Waals surface area contributed by atoms with E-state index < -0.39 is 0 Å². The van der Waals surface area contributed by atoms with Crippen LogP contribution in [-0.4, -0.2) is 6.61 Å². The number of alkyl halides is 1. The second-order valence-corrected chi connectivity index (χ2v) is 5.17. The summed E-state index contributed by atoms with van der Waals surface area (Å²) in [7, 11) is 0. The Bertz CT molecular complexity index is 328. The van der Waals surface area contributed by atoms with E-state index in [2.05, 4.69) is 28.9 Å². The highest BCUT2D eigenvalue weighted by Gasteiger charge is 2.13. The van der Waals surface area contributed by atoms with Gasteiger partial charge in [0.15, 0.2) is 0 Å². The standard InChI is InChI=1S/C13H18BrClO/c1-3-5-6-12(15)11-9-10(14)7-8-13(11)16-4-2/h7-9,12H,3-6H2,1-2H3. The molecule has 3 heteroatoms. The van der Waals surface area contributed by atoms with Gasteiger partial charge in [-0.1, -0.05) is 35.7 Å². The van der Waals surface area contributed by atoms with Gasteiger partial charge < -0.3 is 4.74 Å². The molecule has 0 radical (unpaired) electrons. The molecule has 0 aliphatic rings. The molecule has 0 aromatic heterocycles. The number of benzene rings is 1. The highest BCUT2D eigenvalue weighted by Crippen LogP contribution is 2.35. The Morgan fingerprint density at radius 3 is 2.75 bits per heavy atom. The van der Waals surface area contributed by atoms with Gasteiger partial charge in [-0.2, -0.15) is 0 Å². The molecule has 0 heterocycles. The lowest BCUT2D eigenvalue weighted by atomic mass is 10.1. The first-order valence-electron chi connectivity index (χ1n) is 5.75. The minimum Gasteiger partial charge on any atom is -0.494 e. The molecule has 1 aromatic rings. The van der Waals surface area contributed by atoms with E-state index in [0.29, 0.717) is 6.61 Å². The number of ether oxygens (including phenoxy) is 1. The molecule has 0 fully saturated rings. The van der Waals surface area contributed by atoms with Gasteiger partial charge in [0.2, 0.25) is 0 Å². The van der Waals surface area contributed by atoms with E-state index in [1.165, 1.54) is 6.42 Å². The van der Waals surface area contributed by atoms with Gasteiger partial charge in [-0.05, 0) is 31.5 Å². The van der Waals surface area contributed by atoms with Gasteiger partial charge >= 0.3 is 0 Å². The summed E-state index contributed by atoms with van der Waals surface area (Å²) < 4.78 is 6.64. The van der Waals surface area contributed by atoms with Crippen LogP contribution in [0.15, 0.2) is 22.7 Å². The molecule has 1 rings (SSSR count). The summed E-state index contributed by atoms with van der Waals surface area (Å²) in [6.07, 6.45) is 3.31. The van der Waals surface area contributed by atoms with Gasteiger partial charge in [0.25, 0.3) is 0 Å². The van der Waals surface area contributed by atoms with Crippen molar-refractivity contribution < 1.29 is 4.74 Å². The lowest BCUT2D eigenvalue weighted by Crippen LogP contribution is -1.99. The zero-order valence-corrected chi connectivity index (χ0v) is 12.1. The first-order chi connectivity index (χ1) is 7.69. The lowest BCUT2D eigenvalue weighted by molar-refractivity contribution is 0.335. The van der Waals surface area contributed by atoms with Crippen LogP contribution < -0.4 is 4.74 Å². The minimum atomic E-state index is 0.0407. The van der Waals surface area contributed by atoms with E-state index in [-0.39, 0.29) is 5.38 Å². The van der Waals surface area contributed by atoms with Crippen LogP contribution in [0.5, 0.6) is 5.75 Å². The predicted molar refractivity (Wildman–Crippen MR) is 73.4 cm³/mol. The molecule has 0 aliphatic heterocycles. The third kappa shape index (κ3) is 3.99. The Hall–Kier alpha value is -0.210. The molecule has 0 bridgehead atoms. The minimum absolute atomic E-state index is 0.0407. The third-order valence-electron chi connectivity index (χ3n) is 2.42. The fraction of sp³-hybridized carbons (Fsp3) is 0.538. The zero-order valence-electron chi connectivity index (χ0n) is 9.80. The summed E-state index contributed by atoms with van der Waals surface area (Å²) in [6, 6.07) is 6.01. The van der Waals surface area contributed by atoms with Crippen LogP contribution in [-0.2, 0) is 0 Å². The van der Waals surface area contributed by atoms with Gasteiger partial charge in [0.05, 0.1) is 12.0 Å². The molecule has 0 spiro atoms. The monoisotopic (exact) mass is 304 g/mol. The molecule has 0 aliphatic carbocycles. The number of hydrogen-bond donors (Lipinski definition) is 0. The lowest BCUT2D eigenvalue weighted by Gasteiger charge is -2.15. The summed E-state index contributed by atoms with van der Waals surface area (Å²) in [5.41, 5.74) is 1.09. The Balaban J connectivity index is 2.85. The van der Waals surface area contributed by atoms with Crippen LogP contribution in [0.4, 0.5) is 0 Å². The average molecular weight is 306 g/mol. The number of halogens is 2. The van der Waals surface area contributed by atoms with Gasteiger partial charge in [0, 0.05) is 10.0 Å². The van der Waals surface area contributed by atoms with Crippen LogP contribution in [0.2, 0.25) is 0 Å². The second-order valence-electron chi connectivity index (χ2n) is 3.72. The van der Waals surface area contributed by atoms with E-state index in [4.69, 9.17) is 16.3 Å². The molecule has 0 N–H and O–H groups in total. The summed E-state index contributed by atoms with van der Waals surface area (Å²) in [6.45, 7) is 4.83. The Morgan fingerprint density at radius 1 is 1.38 bits per heavy atom. The van der Waals surface area contributed by atoms with E-state index in [1.807, 2.05) is 19.1 Å². The maximum atomic E-state index is 6.40. The van der Waals surface area contributed by atoms with Crippen LogP contribution in [0.1, 0.15) is 44.1 Å².